The standard InChI is InChI=1S/C21H24FN3O2/c22-19-10-14(3-4-20(19)25-8-5-16(26)6-9-25)12-24-21(27)18-11-17(18)15-2-1-7-23-13-15/h1-4,7,10,13,16-18,26H,5-6,8-9,11-12H2,(H,24,27)/t17-,18-/m0/s1. The number of piperidine rings is 1. The first-order valence-corrected chi connectivity index (χ1v) is 9.51. The molecule has 1 aromatic carbocycles. The molecule has 4 rings (SSSR count). The SMILES string of the molecule is O=C(NCc1ccc(N2CCC(O)CC2)c(F)c1)[C@H]1C[C@H]1c1cccnc1. The van der Waals surface area contributed by atoms with E-state index in [9.17, 15) is 14.3 Å². The van der Waals surface area contributed by atoms with Gasteiger partial charge in [-0.15, -0.1) is 0 Å². The number of amides is 1. The molecule has 1 saturated carbocycles. The van der Waals surface area contributed by atoms with E-state index in [2.05, 4.69) is 10.3 Å². The highest BCUT2D eigenvalue weighted by molar-refractivity contribution is 5.82. The van der Waals surface area contributed by atoms with E-state index in [1.54, 1.807) is 12.3 Å². The monoisotopic (exact) mass is 369 g/mol. The molecule has 0 spiro atoms. The zero-order valence-corrected chi connectivity index (χ0v) is 15.1. The molecule has 2 N–H and O–H groups in total. The van der Waals surface area contributed by atoms with Crippen LogP contribution in [0.1, 0.15) is 36.3 Å². The lowest BCUT2D eigenvalue weighted by atomic mass is 10.1. The summed E-state index contributed by atoms with van der Waals surface area (Å²) in [4.78, 5) is 18.4. The van der Waals surface area contributed by atoms with E-state index >= 15 is 0 Å². The van der Waals surface area contributed by atoms with Gasteiger partial charge in [0.05, 0.1) is 11.8 Å². The number of aliphatic hydroxyl groups excluding tert-OH is 1. The van der Waals surface area contributed by atoms with Crippen molar-refractivity contribution >= 4 is 11.6 Å². The maximum absolute atomic E-state index is 14.5. The predicted molar refractivity (Wildman–Crippen MR) is 101 cm³/mol. The molecule has 2 heterocycles. The molecule has 2 aromatic rings. The van der Waals surface area contributed by atoms with E-state index in [4.69, 9.17) is 0 Å². The molecule has 27 heavy (non-hydrogen) atoms. The smallest absolute Gasteiger partial charge is 0.224 e. The summed E-state index contributed by atoms with van der Waals surface area (Å²) in [5.41, 5.74) is 2.41. The fraction of sp³-hybridized carbons (Fsp3) is 0.429. The molecule has 142 valence electrons. The molecule has 1 aromatic heterocycles. The minimum atomic E-state index is -0.281. The Labute approximate surface area is 158 Å². The molecule has 1 amide bonds. The zero-order valence-electron chi connectivity index (χ0n) is 15.1. The Kier molecular flexibility index (Phi) is 5.07. The van der Waals surface area contributed by atoms with Gasteiger partial charge in [-0.1, -0.05) is 12.1 Å². The quantitative estimate of drug-likeness (QED) is 0.850. The molecule has 0 unspecified atom stereocenters. The van der Waals surface area contributed by atoms with Gasteiger partial charge in [-0.3, -0.25) is 9.78 Å². The number of pyridine rings is 1. The van der Waals surface area contributed by atoms with Gasteiger partial charge in [0.2, 0.25) is 5.91 Å². The highest BCUT2D eigenvalue weighted by Gasteiger charge is 2.43. The van der Waals surface area contributed by atoms with Crippen molar-refractivity contribution in [3.05, 3.63) is 59.7 Å². The molecule has 6 heteroatoms. The zero-order chi connectivity index (χ0) is 18.8. The summed E-state index contributed by atoms with van der Waals surface area (Å²) >= 11 is 0. The summed E-state index contributed by atoms with van der Waals surface area (Å²) in [7, 11) is 0. The summed E-state index contributed by atoms with van der Waals surface area (Å²) in [5.74, 6) is -0.0403. The number of nitrogens with zero attached hydrogens (tertiary/aromatic N) is 2. The van der Waals surface area contributed by atoms with Crippen LogP contribution in [-0.2, 0) is 11.3 Å². The average molecular weight is 369 g/mol. The number of carbonyl (C=O) groups excluding carboxylic acids is 1. The van der Waals surface area contributed by atoms with E-state index < -0.39 is 0 Å². The van der Waals surface area contributed by atoms with Crippen LogP contribution >= 0.6 is 0 Å². The van der Waals surface area contributed by atoms with Crippen molar-refractivity contribution < 1.29 is 14.3 Å². The summed E-state index contributed by atoms with van der Waals surface area (Å²) in [6.07, 6.45) is 5.42. The maximum atomic E-state index is 14.5. The van der Waals surface area contributed by atoms with Gasteiger partial charge in [0.15, 0.2) is 0 Å². The van der Waals surface area contributed by atoms with Crippen LogP contribution < -0.4 is 10.2 Å². The first-order valence-electron chi connectivity index (χ1n) is 9.51. The van der Waals surface area contributed by atoms with Gasteiger partial charge < -0.3 is 15.3 Å². The van der Waals surface area contributed by atoms with Crippen molar-refractivity contribution in [2.45, 2.75) is 37.8 Å². The predicted octanol–water partition coefficient (Wildman–Crippen LogP) is 2.60. The molecule has 1 saturated heterocycles. The second-order valence-corrected chi connectivity index (χ2v) is 7.46. The number of halogens is 1. The van der Waals surface area contributed by atoms with Gasteiger partial charge in [-0.25, -0.2) is 4.39 Å². The van der Waals surface area contributed by atoms with Crippen LogP contribution in [0.25, 0.3) is 0 Å². The number of aliphatic hydroxyl groups is 1. The van der Waals surface area contributed by atoms with Crippen LogP contribution in [0.4, 0.5) is 10.1 Å². The summed E-state index contributed by atoms with van der Waals surface area (Å²) in [5, 5.41) is 12.5. The Morgan fingerprint density at radius 1 is 1.30 bits per heavy atom. The van der Waals surface area contributed by atoms with Crippen molar-refractivity contribution in [1.82, 2.24) is 10.3 Å². The number of carbonyl (C=O) groups is 1. The molecule has 0 radical (unpaired) electrons. The third-order valence-electron chi connectivity index (χ3n) is 5.52. The number of anilines is 1. The maximum Gasteiger partial charge on any atom is 0.224 e. The van der Waals surface area contributed by atoms with Crippen LogP contribution in [-0.4, -0.2) is 35.2 Å². The summed E-state index contributed by atoms with van der Waals surface area (Å²) in [6.45, 7) is 1.64. The molecule has 2 aliphatic rings. The second kappa shape index (κ2) is 7.64. The van der Waals surface area contributed by atoms with Crippen molar-refractivity contribution in [2.75, 3.05) is 18.0 Å². The van der Waals surface area contributed by atoms with Crippen LogP contribution in [0.5, 0.6) is 0 Å². The van der Waals surface area contributed by atoms with Crippen molar-refractivity contribution in [1.29, 1.82) is 0 Å². The number of hydrogen-bond acceptors (Lipinski definition) is 4. The Balaban J connectivity index is 1.31. The Morgan fingerprint density at radius 3 is 2.81 bits per heavy atom. The lowest BCUT2D eigenvalue weighted by Crippen LogP contribution is -2.36. The van der Waals surface area contributed by atoms with Gasteiger partial charge in [0, 0.05) is 37.9 Å². The lowest BCUT2D eigenvalue weighted by Gasteiger charge is -2.31. The summed E-state index contributed by atoms with van der Waals surface area (Å²) in [6, 6.07) is 9.00. The normalized spacial score (nSPS) is 22.5. The number of hydrogen-bond donors (Lipinski definition) is 2. The fourth-order valence-corrected chi connectivity index (χ4v) is 3.79. The van der Waals surface area contributed by atoms with E-state index in [1.807, 2.05) is 29.3 Å². The minimum Gasteiger partial charge on any atom is -0.393 e. The van der Waals surface area contributed by atoms with Crippen LogP contribution in [0.3, 0.4) is 0 Å². The van der Waals surface area contributed by atoms with E-state index in [-0.39, 0.29) is 29.7 Å². The highest BCUT2D eigenvalue weighted by Crippen LogP contribution is 2.47. The second-order valence-electron chi connectivity index (χ2n) is 7.46. The topological polar surface area (TPSA) is 65.5 Å². The van der Waals surface area contributed by atoms with E-state index in [0.717, 1.165) is 17.5 Å². The van der Waals surface area contributed by atoms with Gasteiger partial charge in [-0.05, 0) is 54.5 Å². The number of aromatic nitrogens is 1. The number of rotatable bonds is 5. The Bertz CT molecular complexity index is 806. The van der Waals surface area contributed by atoms with Gasteiger partial charge >= 0.3 is 0 Å². The molecule has 2 fully saturated rings. The Morgan fingerprint density at radius 2 is 2.11 bits per heavy atom. The molecular formula is C21H24FN3O2. The molecule has 2 atom stereocenters. The van der Waals surface area contributed by atoms with Crippen LogP contribution in [0.15, 0.2) is 42.7 Å². The largest absolute Gasteiger partial charge is 0.393 e. The van der Waals surface area contributed by atoms with E-state index in [1.165, 1.54) is 6.07 Å². The molecule has 0 bridgehead atoms. The first kappa shape index (κ1) is 17.9. The van der Waals surface area contributed by atoms with Crippen molar-refractivity contribution in [3.63, 3.8) is 0 Å². The first-order chi connectivity index (χ1) is 13.1. The molecular weight excluding hydrogens is 345 g/mol. The third kappa shape index (κ3) is 4.11. The molecule has 1 aliphatic carbocycles. The van der Waals surface area contributed by atoms with Gasteiger partial charge in [-0.2, -0.15) is 0 Å². The minimum absolute atomic E-state index is 0.0124. The number of benzene rings is 1. The Hall–Kier alpha value is -2.47. The van der Waals surface area contributed by atoms with Crippen LogP contribution in [0.2, 0.25) is 0 Å². The molecule has 5 nitrogen and oxygen atoms in total. The van der Waals surface area contributed by atoms with Crippen molar-refractivity contribution in [3.8, 4) is 0 Å². The number of nitrogens with one attached hydrogen (secondary N) is 1. The molecule has 1 aliphatic heterocycles. The fourth-order valence-electron chi connectivity index (χ4n) is 3.79. The van der Waals surface area contributed by atoms with Crippen LogP contribution in [0, 0.1) is 11.7 Å². The summed E-state index contributed by atoms with van der Waals surface area (Å²) < 4.78 is 14.5. The van der Waals surface area contributed by atoms with E-state index in [0.29, 0.717) is 38.2 Å². The highest BCUT2D eigenvalue weighted by atomic mass is 19.1. The van der Waals surface area contributed by atoms with Gasteiger partial charge in [0.1, 0.15) is 5.82 Å². The van der Waals surface area contributed by atoms with Crippen molar-refractivity contribution in [2.24, 2.45) is 5.92 Å². The lowest BCUT2D eigenvalue weighted by molar-refractivity contribution is -0.122. The van der Waals surface area contributed by atoms with Gasteiger partial charge in [0.25, 0.3) is 0 Å². The third-order valence-corrected chi connectivity index (χ3v) is 5.52. The average Bonchev–Trinajstić information content (AvgIpc) is 3.49.